The molecule has 1 aliphatic carbocycles. The number of aryl methyl sites for hydroxylation is 2. The van der Waals surface area contributed by atoms with Crippen molar-refractivity contribution in [1.29, 1.82) is 0 Å². The van der Waals surface area contributed by atoms with Crippen LogP contribution >= 0.6 is 0 Å². The van der Waals surface area contributed by atoms with Gasteiger partial charge in [-0.25, -0.2) is 0 Å². The smallest absolute Gasteiger partial charge is 0.148 e. The van der Waals surface area contributed by atoms with Crippen LogP contribution in [0.3, 0.4) is 0 Å². The molecular weight excluding hydrogens is 296 g/mol. The number of piperidine rings is 1. The Labute approximate surface area is 144 Å². The highest BCUT2D eigenvalue weighted by molar-refractivity contribution is 5.68. The molecule has 0 radical (unpaired) electrons. The summed E-state index contributed by atoms with van der Waals surface area (Å²) in [6.07, 6.45) is 8.52. The molecule has 2 N–H and O–H groups in total. The number of hydrogen-bond acceptors (Lipinski definition) is 4. The zero-order valence-electron chi connectivity index (χ0n) is 14.2. The molecule has 1 saturated heterocycles. The van der Waals surface area contributed by atoms with Crippen LogP contribution in [0.15, 0.2) is 30.3 Å². The maximum Gasteiger partial charge on any atom is 0.148 e. The topological polar surface area (TPSA) is 49.8 Å². The van der Waals surface area contributed by atoms with Crippen LogP contribution in [0.5, 0.6) is 0 Å². The van der Waals surface area contributed by atoms with Gasteiger partial charge < -0.3 is 10.6 Å². The minimum atomic E-state index is 0.659. The van der Waals surface area contributed by atoms with E-state index in [4.69, 9.17) is 0 Å². The second-order valence-electron chi connectivity index (χ2n) is 6.98. The van der Waals surface area contributed by atoms with Crippen molar-refractivity contribution < 1.29 is 0 Å². The van der Waals surface area contributed by atoms with Crippen LogP contribution in [0.4, 0.5) is 5.82 Å². The van der Waals surface area contributed by atoms with E-state index in [2.05, 4.69) is 51.2 Å². The Bertz CT molecular complexity index is 692. The van der Waals surface area contributed by atoms with Gasteiger partial charge in [-0.1, -0.05) is 30.7 Å². The van der Waals surface area contributed by atoms with Gasteiger partial charge in [-0.2, -0.15) is 0 Å². The van der Waals surface area contributed by atoms with Crippen molar-refractivity contribution >= 4 is 5.82 Å². The third-order valence-electron chi connectivity index (χ3n) is 5.25. The molecule has 126 valence electrons. The third kappa shape index (κ3) is 3.44. The number of nitrogens with one attached hydrogen (secondary N) is 2. The Morgan fingerprint density at radius 2 is 1.96 bits per heavy atom. The fourth-order valence-electron chi connectivity index (χ4n) is 3.92. The monoisotopic (exact) mass is 322 g/mol. The molecule has 4 nitrogen and oxygen atoms in total. The summed E-state index contributed by atoms with van der Waals surface area (Å²) >= 11 is 0. The molecule has 2 aliphatic rings. The van der Waals surface area contributed by atoms with Gasteiger partial charge in [0.2, 0.25) is 0 Å². The fraction of sp³-hybridized carbons (Fsp3) is 0.500. The number of aromatic nitrogens is 2. The molecule has 1 aromatic carbocycles. The summed E-state index contributed by atoms with van der Waals surface area (Å²) in [6.45, 7) is 2.13. The summed E-state index contributed by atoms with van der Waals surface area (Å²) in [4.78, 5) is 0. The Kier molecular flexibility index (Phi) is 4.74. The molecule has 4 heteroatoms. The van der Waals surface area contributed by atoms with E-state index in [1.807, 2.05) is 0 Å². The van der Waals surface area contributed by atoms with Crippen LogP contribution < -0.4 is 10.6 Å². The van der Waals surface area contributed by atoms with Gasteiger partial charge in [0.05, 0.1) is 5.69 Å². The summed E-state index contributed by atoms with van der Waals surface area (Å²) in [5.41, 5.74) is 5.06. The molecule has 1 atom stereocenters. The SMILES string of the molecule is c1ccc2c(c1)CCCc1cc(NCCC3CCCCN3)nnc1-2. The lowest BCUT2D eigenvalue weighted by atomic mass is 10.0. The first kappa shape index (κ1) is 15.6. The van der Waals surface area contributed by atoms with Gasteiger partial charge in [-0.05, 0) is 62.3 Å². The minimum absolute atomic E-state index is 0.659. The summed E-state index contributed by atoms with van der Waals surface area (Å²) in [7, 11) is 0. The first-order valence-corrected chi connectivity index (χ1v) is 9.32. The van der Waals surface area contributed by atoms with Crippen molar-refractivity contribution in [2.45, 2.75) is 51.0 Å². The fourth-order valence-corrected chi connectivity index (χ4v) is 3.92. The van der Waals surface area contributed by atoms with E-state index in [0.717, 1.165) is 37.3 Å². The van der Waals surface area contributed by atoms with E-state index >= 15 is 0 Å². The van der Waals surface area contributed by atoms with Crippen LogP contribution in [0.25, 0.3) is 11.3 Å². The average molecular weight is 322 g/mol. The Balaban J connectivity index is 1.45. The van der Waals surface area contributed by atoms with Crippen molar-refractivity contribution in [2.24, 2.45) is 0 Å². The largest absolute Gasteiger partial charge is 0.369 e. The van der Waals surface area contributed by atoms with Gasteiger partial charge in [0, 0.05) is 18.2 Å². The zero-order chi connectivity index (χ0) is 16.2. The summed E-state index contributed by atoms with van der Waals surface area (Å²) in [5.74, 6) is 0.920. The van der Waals surface area contributed by atoms with Crippen LogP contribution in [-0.4, -0.2) is 29.3 Å². The molecule has 1 aliphatic heterocycles. The zero-order valence-corrected chi connectivity index (χ0v) is 14.2. The van der Waals surface area contributed by atoms with E-state index in [-0.39, 0.29) is 0 Å². The summed E-state index contributed by atoms with van der Waals surface area (Å²) in [5, 5.41) is 16.1. The molecule has 4 rings (SSSR count). The second-order valence-corrected chi connectivity index (χ2v) is 6.98. The van der Waals surface area contributed by atoms with Gasteiger partial charge in [-0.15, -0.1) is 10.2 Å². The number of hydrogen-bond donors (Lipinski definition) is 2. The van der Waals surface area contributed by atoms with Crippen molar-refractivity contribution in [1.82, 2.24) is 15.5 Å². The van der Waals surface area contributed by atoms with Crippen molar-refractivity contribution in [3.63, 3.8) is 0 Å². The highest BCUT2D eigenvalue weighted by atomic mass is 15.2. The maximum atomic E-state index is 4.56. The van der Waals surface area contributed by atoms with Crippen LogP contribution in [0.1, 0.15) is 43.2 Å². The van der Waals surface area contributed by atoms with E-state index < -0.39 is 0 Å². The maximum absolute atomic E-state index is 4.56. The quantitative estimate of drug-likeness (QED) is 0.903. The Morgan fingerprint density at radius 3 is 2.88 bits per heavy atom. The molecule has 1 unspecified atom stereocenters. The molecule has 0 amide bonds. The number of fused-ring (bicyclic) bond motifs is 3. The molecule has 0 bridgehead atoms. The van der Waals surface area contributed by atoms with Gasteiger partial charge in [0.15, 0.2) is 0 Å². The molecule has 1 aromatic heterocycles. The lowest BCUT2D eigenvalue weighted by molar-refractivity contribution is 0.389. The van der Waals surface area contributed by atoms with Crippen LogP contribution in [-0.2, 0) is 12.8 Å². The third-order valence-corrected chi connectivity index (χ3v) is 5.25. The standard InChI is InChI=1S/C20H26N4/c1-2-10-18-15(6-1)7-5-8-16-14-19(23-24-20(16)18)22-13-11-17-9-3-4-12-21-17/h1-2,6,10,14,17,21H,3-5,7-9,11-13H2,(H,22,23). The minimum Gasteiger partial charge on any atom is -0.369 e. The van der Waals surface area contributed by atoms with Crippen molar-refractivity contribution in [2.75, 3.05) is 18.4 Å². The molecule has 2 heterocycles. The van der Waals surface area contributed by atoms with Gasteiger partial charge in [0.25, 0.3) is 0 Å². The molecule has 0 spiro atoms. The molecule has 2 aromatic rings. The predicted octanol–water partition coefficient (Wildman–Crippen LogP) is 3.58. The molecule has 24 heavy (non-hydrogen) atoms. The summed E-state index contributed by atoms with van der Waals surface area (Å²) in [6, 6.07) is 11.5. The van der Waals surface area contributed by atoms with Crippen molar-refractivity contribution in [3.8, 4) is 11.3 Å². The van der Waals surface area contributed by atoms with E-state index in [0.29, 0.717) is 6.04 Å². The summed E-state index contributed by atoms with van der Waals surface area (Å²) < 4.78 is 0. The Hall–Kier alpha value is -1.94. The van der Waals surface area contributed by atoms with E-state index in [1.165, 1.54) is 48.9 Å². The lowest BCUT2D eigenvalue weighted by Gasteiger charge is -2.23. The first-order chi connectivity index (χ1) is 11.9. The number of anilines is 1. The lowest BCUT2D eigenvalue weighted by Crippen LogP contribution is -2.35. The highest BCUT2D eigenvalue weighted by Gasteiger charge is 2.17. The van der Waals surface area contributed by atoms with Gasteiger partial charge >= 0.3 is 0 Å². The molecule has 1 fully saturated rings. The Morgan fingerprint density at radius 1 is 1.04 bits per heavy atom. The number of nitrogens with zero attached hydrogens (tertiary/aromatic N) is 2. The molecule has 0 saturated carbocycles. The first-order valence-electron chi connectivity index (χ1n) is 9.32. The van der Waals surface area contributed by atoms with Crippen LogP contribution in [0, 0.1) is 0 Å². The van der Waals surface area contributed by atoms with Crippen LogP contribution in [0.2, 0.25) is 0 Å². The normalized spacial score (nSPS) is 19.9. The van der Waals surface area contributed by atoms with E-state index in [9.17, 15) is 0 Å². The molecular formula is C20H26N4. The number of benzene rings is 1. The van der Waals surface area contributed by atoms with Gasteiger partial charge in [-0.3, -0.25) is 0 Å². The highest BCUT2D eigenvalue weighted by Crippen LogP contribution is 2.31. The predicted molar refractivity (Wildman–Crippen MR) is 98.2 cm³/mol. The average Bonchev–Trinajstić information content (AvgIpc) is 2.81. The number of rotatable bonds is 4. The van der Waals surface area contributed by atoms with E-state index in [1.54, 1.807) is 0 Å². The van der Waals surface area contributed by atoms with Crippen molar-refractivity contribution in [3.05, 3.63) is 41.5 Å². The van der Waals surface area contributed by atoms with Gasteiger partial charge in [0.1, 0.15) is 5.82 Å². The second kappa shape index (κ2) is 7.31.